The fraction of sp³-hybridized carbons (Fsp3) is 0.435. The second-order valence-electron chi connectivity index (χ2n) is 8.97. The molecule has 27 heavy (non-hydrogen) atoms. The molecule has 0 aliphatic heterocycles. The lowest BCUT2D eigenvalue weighted by Crippen LogP contribution is -2.48. The van der Waals surface area contributed by atoms with E-state index in [0.717, 1.165) is 27.9 Å². The first kappa shape index (κ1) is 17.3. The maximum atomic E-state index is 12.5. The Kier molecular flexibility index (Phi) is 4.08. The molecule has 140 valence electrons. The minimum Gasteiger partial charge on any atom is -0.398 e. The number of carbonyl (C=O) groups excluding carboxylic acids is 1. The maximum Gasteiger partial charge on any atom is 0.255 e. The number of rotatable bonds is 3. The van der Waals surface area contributed by atoms with Crippen molar-refractivity contribution in [2.45, 2.75) is 43.9 Å². The van der Waals surface area contributed by atoms with Crippen molar-refractivity contribution in [1.82, 2.24) is 0 Å². The third kappa shape index (κ3) is 3.08. The number of hydrogen-bond acceptors (Lipinski definition) is 2. The van der Waals surface area contributed by atoms with Gasteiger partial charge in [-0.2, -0.15) is 0 Å². The van der Waals surface area contributed by atoms with Crippen LogP contribution in [0.3, 0.4) is 0 Å². The van der Waals surface area contributed by atoms with Crippen LogP contribution in [-0.4, -0.2) is 5.91 Å². The molecule has 0 aromatic heterocycles. The van der Waals surface area contributed by atoms with E-state index in [1.54, 1.807) is 18.2 Å². The minimum absolute atomic E-state index is 0.128. The van der Waals surface area contributed by atoms with E-state index >= 15 is 0 Å². The van der Waals surface area contributed by atoms with E-state index in [4.69, 9.17) is 5.73 Å². The monoisotopic (exact) mass is 424 g/mol. The summed E-state index contributed by atoms with van der Waals surface area (Å²) in [6.45, 7) is 0. The molecule has 4 saturated carbocycles. The molecule has 4 heteroatoms. The van der Waals surface area contributed by atoms with Crippen molar-refractivity contribution in [3.8, 4) is 0 Å². The molecular formula is C23H25BrN2O. The highest BCUT2D eigenvalue weighted by atomic mass is 79.9. The number of halogens is 1. The average molecular weight is 425 g/mol. The van der Waals surface area contributed by atoms with Gasteiger partial charge in [0.05, 0.1) is 0 Å². The van der Waals surface area contributed by atoms with Crippen LogP contribution in [0.1, 0.15) is 54.4 Å². The zero-order valence-electron chi connectivity index (χ0n) is 15.4. The molecule has 0 unspecified atom stereocenters. The summed E-state index contributed by atoms with van der Waals surface area (Å²) >= 11 is 3.36. The summed E-state index contributed by atoms with van der Waals surface area (Å²) in [7, 11) is 0. The van der Waals surface area contributed by atoms with Gasteiger partial charge in [0.2, 0.25) is 0 Å². The number of amides is 1. The van der Waals surface area contributed by atoms with Crippen molar-refractivity contribution in [2.24, 2.45) is 17.8 Å². The molecular weight excluding hydrogens is 400 g/mol. The van der Waals surface area contributed by atoms with E-state index in [0.29, 0.717) is 16.7 Å². The van der Waals surface area contributed by atoms with Crippen LogP contribution in [0.25, 0.3) is 0 Å². The van der Waals surface area contributed by atoms with Crippen molar-refractivity contribution in [3.05, 3.63) is 58.1 Å². The lowest BCUT2D eigenvalue weighted by atomic mass is 9.48. The van der Waals surface area contributed by atoms with E-state index in [2.05, 4.69) is 45.5 Å². The molecule has 1 amide bonds. The van der Waals surface area contributed by atoms with E-state index in [-0.39, 0.29) is 5.91 Å². The van der Waals surface area contributed by atoms with Crippen LogP contribution in [0.4, 0.5) is 11.4 Å². The van der Waals surface area contributed by atoms with Gasteiger partial charge in [-0.25, -0.2) is 0 Å². The molecule has 0 heterocycles. The smallest absolute Gasteiger partial charge is 0.255 e. The predicted molar refractivity (Wildman–Crippen MR) is 113 cm³/mol. The second-order valence-corrected chi connectivity index (χ2v) is 9.82. The predicted octanol–water partition coefficient (Wildman–Crippen LogP) is 5.75. The number of carbonyl (C=O) groups is 1. The van der Waals surface area contributed by atoms with E-state index in [1.165, 1.54) is 44.1 Å². The zero-order chi connectivity index (χ0) is 18.6. The Morgan fingerprint density at radius 1 is 0.963 bits per heavy atom. The Labute approximate surface area is 168 Å². The van der Waals surface area contributed by atoms with Crippen LogP contribution in [-0.2, 0) is 5.41 Å². The quantitative estimate of drug-likeness (QED) is 0.615. The van der Waals surface area contributed by atoms with Crippen LogP contribution >= 0.6 is 15.9 Å². The van der Waals surface area contributed by atoms with Gasteiger partial charge < -0.3 is 11.1 Å². The minimum atomic E-state index is -0.128. The highest BCUT2D eigenvalue weighted by Crippen LogP contribution is 2.60. The molecule has 3 N–H and O–H groups in total. The first-order valence-corrected chi connectivity index (χ1v) is 10.8. The number of benzene rings is 2. The van der Waals surface area contributed by atoms with Gasteiger partial charge >= 0.3 is 0 Å². The van der Waals surface area contributed by atoms with Crippen molar-refractivity contribution >= 4 is 33.2 Å². The Morgan fingerprint density at radius 3 is 2.11 bits per heavy atom. The Bertz CT molecular complexity index is 854. The summed E-state index contributed by atoms with van der Waals surface area (Å²) < 4.78 is 0.805. The van der Waals surface area contributed by atoms with Gasteiger partial charge in [0, 0.05) is 21.4 Å². The van der Waals surface area contributed by atoms with Gasteiger partial charge in [-0.15, -0.1) is 0 Å². The van der Waals surface area contributed by atoms with Crippen molar-refractivity contribution in [2.75, 3.05) is 11.1 Å². The standard InChI is InChI=1S/C23H25BrN2O/c24-20-6-1-17(10-21(20)25)22(27)26-19-4-2-18(3-5-19)23-11-14-7-15(12-23)9-16(8-14)13-23/h1-6,10,14-16H,7-9,11-13,25H2,(H,26,27). The summed E-state index contributed by atoms with van der Waals surface area (Å²) in [4.78, 5) is 12.5. The van der Waals surface area contributed by atoms with Crippen molar-refractivity contribution in [3.63, 3.8) is 0 Å². The molecule has 4 aliphatic rings. The van der Waals surface area contributed by atoms with E-state index in [9.17, 15) is 4.79 Å². The maximum absolute atomic E-state index is 12.5. The lowest BCUT2D eigenvalue weighted by molar-refractivity contribution is -0.00518. The Hall–Kier alpha value is -1.81. The third-order valence-corrected chi connectivity index (χ3v) is 7.77. The number of hydrogen-bond donors (Lipinski definition) is 2. The topological polar surface area (TPSA) is 55.1 Å². The van der Waals surface area contributed by atoms with Crippen LogP contribution < -0.4 is 11.1 Å². The Balaban J connectivity index is 1.33. The number of nitrogens with two attached hydrogens (primary N) is 1. The van der Waals surface area contributed by atoms with Gasteiger partial charge in [0.25, 0.3) is 5.91 Å². The number of nitrogens with one attached hydrogen (secondary N) is 1. The molecule has 2 aromatic carbocycles. The largest absolute Gasteiger partial charge is 0.398 e. The zero-order valence-corrected chi connectivity index (χ0v) is 17.0. The average Bonchev–Trinajstić information content (AvgIpc) is 2.63. The summed E-state index contributed by atoms with van der Waals surface area (Å²) in [5.74, 6) is 2.70. The highest BCUT2D eigenvalue weighted by molar-refractivity contribution is 9.10. The molecule has 2 aromatic rings. The Morgan fingerprint density at radius 2 is 1.56 bits per heavy atom. The molecule has 4 fully saturated rings. The van der Waals surface area contributed by atoms with Crippen LogP contribution in [0.2, 0.25) is 0 Å². The molecule has 6 rings (SSSR count). The first-order valence-electron chi connectivity index (χ1n) is 9.98. The van der Waals surface area contributed by atoms with Gasteiger partial charge in [0.1, 0.15) is 0 Å². The number of nitrogen functional groups attached to an aromatic ring is 1. The molecule has 4 bridgehead atoms. The van der Waals surface area contributed by atoms with Gasteiger partial charge in [0.15, 0.2) is 0 Å². The highest BCUT2D eigenvalue weighted by Gasteiger charge is 2.51. The first-order chi connectivity index (χ1) is 13.0. The van der Waals surface area contributed by atoms with Gasteiger partial charge in [-0.3, -0.25) is 4.79 Å². The molecule has 0 atom stereocenters. The molecule has 3 nitrogen and oxygen atoms in total. The summed E-state index contributed by atoms with van der Waals surface area (Å²) in [5.41, 5.74) is 9.75. The SMILES string of the molecule is Nc1cc(C(=O)Nc2ccc(C34CC5CC(CC(C5)C3)C4)cc2)ccc1Br. The summed E-state index contributed by atoms with van der Waals surface area (Å²) in [6, 6.07) is 13.9. The van der Waals surface area contributed by atoms with E-state index in [1.807, 2.05) is 0 Å². The van der Waals surface area contributed by atoms with Gasteiger partial charge in [-0.1, -0.05) is 12.1 Å². The van der Waals surface area contributed by atoms with Gasteiger partial charge in [-0.05, 0) is 114 Å². The van der Waals surface area contributed by atoms with Crippen LogP contribution in [0.15, 0.2) is 46.9 Å². The molecule has 0 saturated heterocycles. The van der Waals surface area contributed by atoms with Crippen LogP contribution in [0, 0.1) is 17.8 Å². The number of anilines is 2. The van der Waals surface area contributed by atoms with E-state index < -0.39 is 0 Å². The van der Waals surface area contributed by atoms with Crippen molar-refractivity contribution < 1.29 is 4.79 Å². The summed E-state index contributed by atoms with van der Waals surface area (Å²) in [5, 5.41) is 3.00. The van der Waals surface area contributed by atoms with Crippen LogP contribution in [0.5, 0.6) is 0 Å². The summed E-state index contributed by atoms with van der Waals surface area (Å²) in [6.07, 6.45) is 8.48. The fourth-order valence-corrected chi connectivity index (χ4v) is 6.51. The molecule has 0 spiro atoms. The fourth-order valence-electron chi connectivity index (χ4n) is 6.26. The molecule has 0 radical (unpaired) electrons. The van der Waals surface area contributed by atoms with Crippen molar-refractivity contribution in [1.29, 1.82) is 0 Å². The normalized spacial score (nSPS) is 31.1. The second kappa shape index (κ2) is 6.37. The molecule has 4 aliphatic carbocycles. The lowest BCUT2D eigenvalue weighted by Gasteiger charge is -2.57. The third-order valence-electron chi connectivity index (χ3n) is 7.05.